The van der Waals surface area contributed by atoms with Crippen molar-refractivity contribution in [2.24, 2.45) is 5.73 Å². The Kier molecular flexibility index (Phi) is 6.70. The number of anilines is 1. The summed E-state index contributed by atoms with van der Waals surface area (Å²) in [5.41, 5.74) is 11.6. The Labute approximate surface area is 112 Å². The number of ether oxygens (including phenoxy) is 3. The van der Waals surface area contributed by atoms with Crippen LogP contribution < -0.4 is 16.2 Å². The molecule has 6 nitrogen and oxygen atoms in total. The molecule has 1 aromatic rings. The van der Waals surface area contributed by atoms with E-state index >= 15 is 0 Å². The lowest BCUT2D eigenvalue weighted by Crippen LogP contribution is -2.14. The number of rotatable bonds is 9. The van der Waals surface area contributed by atoms with Gasteiger partial charge in [-0.05, 0) is 18.2 Å². The minimum Gasteiger partial charge on any atom is -0.493 e. The van der Waals surface area contributed by atoms with Gasteiger partial charge in [-0.1, -0.05) is 0 Å². The van der Waals surface area contributed by atoms with Crippen molar-refractivity contribution in [3.63, 3.8) is 0 Å². The number of methoxy groups -OCH3 is 1. The molecule has 0 saturated carbocycles. The summed E-state index contributed by atoms with van der Waals surface area (Å²) >= 11 is 0. The Morgan fingerprint density at radius 2 is 2.00 bits per heavy atom. The number of amides is 1. The van der Waals surface area contributed by atoms with Gasteiger partial charge in [0.25, 0.3) is 5.91 Å². The van der Waals surface area contributed by atoms with Gasteiger partial charge >= 0.3 is 0 Å². The fourth-order valence-corrected chi connectivity index (χ4v) is 1.45. The highest BCUT2D eigenvalue weighted by atomic mass is 16.5. The van der Waals surface area contributed by atoms with Crippen LogP contribution in [0.5, 0.6) is 5.75 Å². The van der Waals surface area contributed by atoms with Gasteiger partial charge in [-0.25, -0.2) is 0 Å². The molecule has 0 saturated heterocycles. The molecular weight excluding hydrogens is 248 g/mol. The number of nitrogens with two attached hydrogens (primary N) is 2. The molecule has 1 rings (SSSR count). The molecule has 0 radical (unpaired) electrons. The molecular formula is C13H20N2O4. The first-order chi connectivity index (χ1) is 9.15. The molecule has 0 aromatic heterocycles. The van der Waals surface area contributed by atoms with Crippen LogP contribution in [0.3, 0.4) is 0 Å². The minimum atomic E-state index is -0.557. The number of primary amides is 1. The van der Waals surface area contributed by atoms with Gasteiger partial charge in [-0.15, -0.1) is 0 Å². The van der Waals surface area contributed by atoms with Crippen molar-refractivity contribution >= 4 is 11.6 Å². The Hall–Kier alpha value is -1.79. The van der Waals surface area contributed by atoms with Gasteiger partial charge in [0.2, 0.25) is 0 Å². The van der Waals surface area contributed by atoms with Crippen LogP contribution in [0.4, 0.5) is 5.69 Å². The van der Waals surface area contributed by atoms with Crippen LogP contribution in [0.25, 0.3) is 0 Å². The zero-order valence-corrected chi connectivity index (χ0v) is 11.1. The van der Waals surface area contributed by atoms with E-state index in [0.29, 0.717) is 49.8 Å². The second kappa shape index (κ2) is 8.34. The van der Waals surface area contributed by atoms with E-state index in [1.54, 1.807) is 19.2 Å². The lowest BCUT2D eigenvalue weighted by Gasteiger charge is -2.10. The average molecular weight is 268 g/mol. The van der Waals surface area contributed by atoms with Crippen LogP contribution in [-0.4, -0.2) is 39.4 Å². The summed E-state index contributed by atoms with van der Waals surface area (Å²) < 4.78 is 15.6. The van der Waals surface area contributed by atoms with Gasteiger partial charge < -0.3 is 25.7 Å². The summed E-state index contributed by atoms with van der Waals surface area (Å²) in [4.78, 5) is 11.2. The van der Waals surface area contributed by atoms with Crippen LogP contribution in [0, 0.1) is 0 Å². The highest BCUT2D eigenvalue weighted by Crippen LogP contribution is 2.21. The molecule has 0 fully saturated rings. The predicted octanol–water partition coefficient (Wildman–Crippen LogP) is 0.800. The molecule has 1 aromatic carbocycles. The third-order valence-corrected chi connectivity index (χ3v) is 2.39. The molecule has 0 aliphatic rings. The van der Waals surface area contributed by atoms with E-state index in [-0.39, 0.29) is 0 Å². The van der Waals surface area contributed by atoms with Crippen molar-refractivity contribution in [3.8, 4) is 5.75 Å². The topological polar surface area (TPSA) is 96.8 Å². The van der Waals surface area contributed by atoms with E-state index < -0.39 is 5.91 Å². The van der Waals surface area contributed by atoms with Gasteiger partial charge in [-0.3, -0.25) is 4.79 Å². The maximum Gasteiger partial charge on any atom is 0.252 e. The van der Waals surface area contributed by atoms with Crippen LogP contribution in [0.15, 0.2) is 18.2 Å². The van der Waals surface area contributed by atoms with Gasteiger partial charge in [0, 0.05) is 25.8 Å². The molecule has 0 aliphatic carbocycles. The van der Waals surface area contributed by atoms with Gasteiger partial charge in [0.05, 0.1) is 25.4 Å². The number of carbonyl (C=O) groups excluding carboxylic acids is 1. The molecule has 0 aliphatic heterocycles. The second-order valence-corrected chi connectivity index (χ2v) is 3.93. The smallest absolute Gasteiger partial charge is 0.252 e. The Bertz CT molecular complexity index is 410. The molecule has 106 valence electrons. The van der Waals surface area contributed by atoms with Crippen molar-refractivity contribution in [2.45, 2.75) is 6.42 Å². The van der Waals surface area contributed by atoms with Crippen LogP contribution >= 0.6 is 0 Å². The number of nitrogen functional groups attached to an aromatic ring is 1. The third-order valence-electron chi connectivity index (χ3n) is 2.39. The van der Waals surface area contributed by atoms with E-state index in [2.05, 4.69) is 0 Å². The van der Waals surface area contributed by atoms with Gasteiger partial charge in [0.15, 0.2) is 0 Å². The molecule has 0 atom stereocenters. The normalized spacial score (nSPS) is 10.4. The van der Waals surface area contributed by atoms with E-state index in [4.69, 9.17) is 25.7 Å². The fraction of sp³-hybridized carbons (Fsp3) is 0.462. The van der Waals surface area contributed by atoms with Crippen molar-refractivity contribution in [1.82, 2.24) is 0 Å². The summed E-state index contributed by atoms with van der Waals surface area (Å²) in [5, 5.41) is 0. The van der Waals surface area contributed by atoms with Crippen molar-refractivity contribution in [2.75, 3.05) is 39.3 Å². The average Bonchev–Trinajstić information content (AvgIpc) is 2.39. The van der Waals surface area contributed by atoms with Crippen molar-refractivity contribution < 1.29 is 19.0 Å². The van der Waals surface area contributed by atoms with Crippen molar-refractivity contribution in [3.05, 3.63) is 23.8 Å². The minimum absolute atomic E-state index is 0.292. The Balaban J connectivity index is 2.35. The van der Waals surface area contributed by atoms with Gasteiger partial charge in [0.1, 0.15) is 5.75 Å². The monoisotopic (exact) mass is 268 g/mol. The van der Waals surface area contributed by atoms with E-state index in [1.165, 1.54) is 6.07 Å². The third kappa shape index (κ3) is 5.58. The van der Waals surface area contributed by atoms with E-state index in [1.807, 2.05) is 0 Å². The maximum absolute atomic E-state index is 11.2. The van der Waals surface area contributed by atoms with E-state index in [9.17, 15) is 4.79 Å². The van der Waals surface area contributed by atoms with Crippen molar-refractivity contribution in [1.29, 1.82) is 0 Å². The summed E-state index contributed by atoms with van der Waals surface area (Å²) in [7, 11) is 1.62. The molecule has 0 unspecified atom stereocenters. The number of carbonyl (C=O) groups is 1. The second-order valence-electron chi connectivity index (χ2n) is 3.93. The van der Waals surface area contributed by atoms with Crippen LogP contribution in [0.2, 0.25) is 0 Å². The molecule has 4 N–H and O–H groups in total. The summed E-state index contributed by atoms with van der Waals surface area (Å²) in [6.07, 6.45) is 0.715. The first-order valence-corrected chi connectivity index (χ1v) is 6.04. The molecule has 1 amide bonds. The lowest BCUT2D eigenvalue weighted by atomic mass is 10.1. The zero-order chi connectivity index (χ0) is 14.1. The molecule has 19 heavy (non-hydrogen) atoms. The quantitative estimate of drug-likeness (QED) is 0.510. The number of hydrogen-bond acceptors (Lipinski definition) is 5. The SMILES string of the molecule is COCCOCCCOc1ccc(N)cc1C(N)=O. The fourth-order valence-electron chi connectivity index (χ4n) is 1.45. The first-order valence-electron chi connectivity index (χ1n) is 6.04. The van der Waals surface area contributed by atoms with Crippen LogP contribution in [0.1, 0.15) is 16.8 Å². The van der Waals surface area contributed by atoms with E-state index in [0.717, 1.165) is 0 Å². The summed E-state index contributed by atoms with van der Waals surface area (Å²) in [6.45, 7) is 2.15. The highest BCUT2D eigenvalue weighted by Gasteiger charge is 2.09. The first kappa shape index (κ1) is 15.3. The Morgan fingerprint density at radius 3 is 2.68 bits per heavy atom. The predicted molar refractivity (Wildman–Crippen MR) is 72.2 cm³/mol. The standard InChI is InChI=1S/C13H20N2O4/c1-17-7-8-18-5-2-6-19-12-4-3-10(14)9-11(12)13(15)16/h3-4,9H,2,5-8,14H2,1H3,(H2,15,16). The maximum atomic E-state index is 11.2. The largest absolute Gasteiger partial charge is 0.493 e. The summed E-state index contributed by atoms with van der Waals surface area (Å²) in [6, 6.07) is 4.81. The molecule has 0 spiro atoms. The summed E-state index contributed by atoms with van der Waals surface area (Å²) in [5.74, 6) is -0.114. The molecule has 6 heteroatoms. The highest BCUT2D eigenvalue weighted by molar-refractivity contribution is 5.96. The molecule has 0 heterocycles. The lowest BCUT2D eigenvalue weighted by molar-refractivity contribution is 0.0643. The zero-order valence-electron chi connectivity index (χ0n) is 11.1. The Morgan fingerprint density at radius 1 is 1.21 bits per heavy atom. The number of benzene rings is 1. The van der Waals surface area contributed by atoms with Crippen LogP contribution in [-0.2, 0) is 9.47 Å². The molecule has 0 bridgehead atoms. The number of hydrogen-bond donors (Lipinski definition) is 2. The van der Waals surface area contributed by atoms with Gasteiger partial charge in [-0.2, -0.15) is 0 Å².